The molecule has 0 atom stereocenters. The van der Waals surface area contributed by atoms with Gasteiger partial charge in [-0.15, -0.1) is 11.3 Å². The minimum absolute atomic E-state index is 0.871. The number of benzene rings is 7. The van der Waals surface area contributed by atoms with Crippen molar-refractivity contribution >= 4 is 61.1 Å². The Balaban J connectivity index is 1.21. The van der Waals surface area contributed by atoms with Crippen molar-refractivity contribution in [2.45, 2.75) is 0 Å². The summed E-state index contributed by atoms with van der Waals surface area (Å²) in [6.45, 7) is 0. The van der Waals surface area contributed by atoms with Gasteiger partial charge in [0.1, 0.15) is 10.6 Å². The maximum Gasteiger partial charge on any atom is 0.159 e. The lowest BCUT2D eigenvalue weighted by Crippen LogP contribution is -2.10. The Hall–Kier alpha value is -5.97. The number of furan rings is 1. The molecule has 3 nitrogen and oxygen atoms in total. The van der Waals surface area contributed by atoms with Gasteiger partial charge in [-0.25, -0.2) is 4.98 Å². The highest BCUT2D eigenvalue weighted by atomic mass is 32.1. The molecule has 0 saturated carbocycles. The summed E-state index contributed by atoms with van der Waals surface area (Å²) in [5.41, 5.74) is 11.9. The lowest BCUT2D eigenvalue weighted by molar-refractivity contribution is 0.669. The van der Waals surface area contributed by atoms with Gasteiger partial charge in [0.25, 0.3) is 0 Å². The number of nitrogens with zero attached hydrogens (tertiary/aromatic N) is 2. The fourth-order valence-corrected chi connectivity index (χ4v) is 8.18. The van der Waals surface area contributed by atoms with Gasteiger partial charge in [-0.1, -0.05) is 121 Å². The van der Waals surface area contributed by atoms with Crippen LogP contribution in [0, 0.1) is 0 Å². The summed E-state index contributed by atoms with van der Waals surface area (Å²) >= 11 is 1.77. The van der Waals surface area contributed by atoms with Gasteiger partial charge in [-0.05, 0) is 58.3 Å². The molecule has 0 unspecified atom stereocenters. The molecule has 0 radical (unpaired) electrons. The first-order chi connectivity index (χ1) is 23.3. The van der Waals surface area contributed by atoms with Crippen molar-refractivity contribution in [3.05, 3.63) is 158 Å². The molecule has 7 aromatic carbocycles. The Morgan fingerprint density at radius 2 is 1.23 bits per heavy atom. The van der Waals surface area contributed by atoms with Crippen molar-refractivity contribution < 1.29 is 4.42 Å². The van der Waals surface area contributed by atoms with E-state index in [1.54, 1.807) is 11.3 Å². The normalized spacial score (nSPS) is 11.8. The molecule has 0 N–H and O–H groups in total. The van der Waals surface area contributed by atoms with Crippen molar-refractivity contribution in [1.29, 1.82) is 0 Å². The number of thiazole rings is 1. The van der Waals surface area contributed by atoms with E-state index in [1.165, 1.54) is 37.9 Å². The Labute approximate surface area is 275 Å². The lowest BCUT2D eigenvalue weighted by atomic mass is 10.0. The Bertz CT molecular complexity index is 2620. The van der Waals surface area contributed by atoms with E-state index in [0.717, 1.165) is 55.3 Å². The number of fused-ring (bicyclic) bond motifs is 6. The monoisotopic (exact) mass is 618 g/mol. The van der Waals surface area contributed by atoms with Crippen LogP contribution in [0.3, 0.4) is 0 Å². The van der Waals surface area contributed by atoms with Crippen molar-refractivity contribution in [1.82, 2.24) is 4.98 Å². The van der Waals surface area contributed by atoms with E-state index in [-0.39, 0.29) is 0 Å². The summed E-state index contributed by atoms with van der Waals surface area (Å²) in [7, 11) is 0. The third-order valence-electron chi connectivity index (χ3n) is 9.22. The summed E-state index contributed by atoms with van der Waals surface area (Å²) in [5.74, 6) is 0. The Kier molecular flexibility index (Phi) is 5.74. The first kappa shape index (κ1) is 26.3. The van der Waals surface area contributed by atoms with Gasteiger partial charge in [0.2, 0.25) is 0 Å². The molecule has 1 aliphatic carbocycles. The highest BCUT2D eigenvalue weighted by Gasteiger charge is 2.29. The van der Waals surface area contributed by atoms with Gasteiger partial charge in [-0.3, -0.25) is 0 Å². The van der Waals surface area contributed by atoms with Crippen LogP contribution >= 0.6 is 11.3 Å². The zero-order chi connectivity index (χ0) is 30.9. The maximum absolute atomic E-state index is 6.61. The Morgan fingerprint density at radius 1 is 0.532 bits per heavy atom. The number of hydrogen-bond donors (Lipinski definition) is 0. The van der Waals surface area contributed by atoms with Gasteiger partial charge in [-0.2, -0.15) is 0 Å². The summed E-state index contributed by atoms with van der Waals surface area (Å²) in [4.78, 5) is 8.75. The van der Waals surface area contributed by atoms with E-state index in [2.05, 4.69) is 150 Å². The molecular weight excluding hydrogens is 593 g/mol. The van der Waals surface area contributed by atoms with Gasteiger partial charge < -0.3 is 9.32 Å². The fraction of sp³-hybridized carbons (Fsp3) is 0. The molecule has 0 amide bonds. The van der Waals surface area contributed by atoms with E-state index in [9.17, 15) is 0 Å². The first-order valence-corrected chi connectivity index (χ1v) is 16.6. The van der Waals surface area contributed by atoms with Crippen molar-refractivity contribution in [3.63, 3.8) is 0 Å². The Morgan fingerprint density at radius 3 is 2.06 bits per heavy atom. The smallest absolute Gasteiger partial charge is 0.159 e. The largest absolute Gasteiger partial charge is 0.454 e. The molecule has 0 bridgehead atoms. The van der Waals surface area contributed by atoms with Gasteiger partial charge >= 0.3 is 0 Å². The molecule has 4 heteroatoms. The highest BCUT2D eigenvalue weighted by Crippen LogP contribution is 2.53. The lowest BCUT2D eigenvalue weighted by Gasteiger charge is -2.26. The molecule has 9 aromatic rings. The van der Waals surface area contributed by atoms with Gasteiger partial charge in [0.05, 0.1) is 16.3 Å². The van der Waals surface area contributed by atoms with E-state index in [1.807, 2.05) is 12.1 Å². The van der Waals surface area contributed by atoms with Gasteiger partial charge in [0.15, 0.2) is 5.58 Å². The SMILES string of the molecule is c1ccc(-c2ccc(N(c3cc4c5c(cccc5c3)-c3nc(-c5ccccc5)sc3-4)c3cccc4c3oc3ccccc34)cc2)cc1. The molecule has 2 heterocycles. The third-order valence-corrected chi connectivity index (χ3v) is 10.4. The van der Waals surface area contributed by atoms with Crippen molar-refractivity contribution in [3.8, 4) is 43.4 Å². The molecule has 10 rings (SSSR count). The molecule has 47 heavy (non-hydrogen) atoms. The van der Waals surface area contributed by atoms with Crippen LogP contribution in [0.1, 0.15) is 0 Å². The summed E-state index contributed by atoms with van der Waals surface area (Å²) in [5, 5.41) is 5.74. The van der Waals surface area contributed by atoms with Crippen LogP contribution in [0.5, 0.6) is 0 Å². The second kappa shape index (κ2) is 10.3. The molecule has 0 fully saturated rings. The van der Waals surface area contributed by atoms with E-state index in [0.29, 0.717) is 0 Å². The molecule has 0 spiro atoms. The van der Waals surface area contributed by atoms with E-state index < -0.39 is 0 Å². The van der Waals surface area contributed by atoms with Crippen LogP contribution < -0.4 is 4.90 Å². The van der Waals surface area contributed by atoms with E-state index >= 15 is 0 Å². The van der Waals surface area contributed by atoms with Crippen LogP contribution in [0.25, 0.3) is 76.1 Å². The minimum Gasteiger partial charge on any atom is -0.454 e. The third kappa shape index (κ3) is 4.09. The van der Waals surface area contributed by atoms with Crippen LogP contribution in [0.15, 0.2) is 162 Å². The number of aromatic nitrogens is 1. The van der Waals surface area contributed by atoms with Crippen LogP contribution in [-0.2, 0) is 0 Å². The quantitative estimate of drug-likeness (QED) is 0.192. The number of rotatable bonds is 5. The number of para-hydroxylation sites is 2. The number of hydrogen-bond acceptors (Lipinski definition) is 4. The van der Waals surface area contributed by atoms with Crippen LogP contribution in [-0.4, -0.2) is 4.98 Å². The van der Waals surface area contributed by atoms with Crippen molar-refractivity contribution in [2.75, 3.05) is 4.90 Å². The second-order valence-corrected chi connectivity index (χ2v) is 13.0. The van der Waals surface area contributed by atoms with Crippen molar-refractivity contribution in [2.24, 2.45) is 0 Å². The average molecular weight is 619 g/mol. The first-order valence-electron chi connectivity index (χ1n) is 15.8. The average Bonchev–Trinajstić information content (AvgIpc) is 3.83. The van der Waals surface area contributed by atoms with Crippen LogP contribution in [0.4, 0.5) is 17.1 Å². The predicted molar refractivity (Wildman–Crippen MR) is 197 cm³/mol. The fourth-order valence-electron chi connectivity index (χ4n) is 7.08. The molecule has 220 valence electrons. The zero-order valence-electron chi connectivity index (χ0n) is 25.2. The standard InChI is InChI=1S/C43H26N2OS/c1-3-11-27(12-4-1)28-21-23-31(24-22-28)45(37-19-10-17-34-33-16-7-8-20-38(33)46-41(34)37)32-25-30-15-9-18-35-39(30)36(26-32)42-40(35)44-43(47-42)29-13-5-2-6-14-29/h1-26H. The number of anilines is 3. The summed E-state index contributed by atoms with van der Waals surface area (Å²) in [6.07, 6.45) is 0. The summed E-state index contributed by atoms with van der Waals surface area (Å²) in [6, 6.07) is 55.9. The minimum atomic E-state index is 0.871. The molecule has 2 aromatic heterocycles. The van der Waals surface area contributed by atoms with Crippen LogP contribution in [0.2, 0.25) is 0 Å². The van der Waals surface area contributed by atoms with Gasteiger partial charge in [0, 0.05) is 38.8 Å². The molecule has 1 aliphatic rings. The molecular formula is C43H26N2OS. The topological polar surface area (TPSA) is 29.3 Å². The maximum atomic E-state index is 6.61. The second-order valence-electron chi connectivity index (χ2n) is 12.0. The van der Waals surface area contributed by atoms with E-state index in [4.69, 9.17) is 9.40 Å². The zero-order valence-corrected chi connectivity index (χ0v) is 26.0. The summed E-state index contributed by atoms with van der Waals surface area (Å²) < 4.78 is 6.61. The molecule has 0 aliphatic heterocycles. The highest BCUT2D eigenvalue weighted by molar-refractivity contribution is 7.19. The molecule has 0 saturated heterocycles. The predicted octanol–water partition coefficient (Wildman–Crippen LogP) is 12.6.